The number of nitrogens with zero attached hydrogens (tertiary/aromatic N) is 1. The highest BCUT2D eigenvalue weighted by Gasteiger charge is 2.27. The second-order valence-electron chi connectivity index (χ2n) is 3.32. The summed E-state index contributed by atoms with van der Waals surface area (Å²) >= 11 is 0. The molecule has 0 fully saturated rings. The molecule has 0 radical (unpaired) electrons. The van der Waals surface area contributed by atoms with Gasteiger partial charge in [0.15, 0.2) is 5.75 Å². The topological polar surface area (TPSA) is 69.4 Å². The van der Waals surface area contributed by atoms with E-state index in [0.29, 0.717) is 6.29 Å². The number of aldehydes is 1. The summed E-state index contributed by atoms with van der Waals surface area (Å²) in [4.78, 5) is 20.2. The van der Waals surface area contributed by atoms with Crippen LogP contribution in [0.4, 0.5) is 18.9 Å². The number of ether oxygens (including phenoxy) is 1. The van der Waals surface area contributed by atoms with Crippen LogP contribution in [0, 0.1) is 10.1 Å². The third-order valence-corrected chi connectivity index (χ3v) is 1.96. The molecule has 0 unspecified atom stereocenters. The molecule has 0 amide bonds. The molecule has 8 heteroatoms. The average Bonchev–Trinajstić information content (AvgIpc) is 2.27. The number of halogens is 3. The van der Waals surface area contributed by atoms with Crippen LogP contribution >= 0.6 is 0 Å². The number of rotatable bonds is 5. The molecule has 0 aliphatic rings. The lowest BCUT2D eigenvalue weighted by molar-refractivity contribution is -0.385. The van der Waals surface area contributed by atoms with Gasteiger partial charge in [-0.2, -0.15) is 13.2 Å². The molecule has 0 aromatic heterocycles. The van der Waals surface area contributed by atoms with Gasteiger partial charge in [0.1, 0.15) is 6.29 Å². The van der Waals surface area contributed by atoms with Crippen LogP contribution in [0.1, 0.15) is 16.8 Å². The van der Waals surface area contributed by atoms with Gasteiger partial charge in [-0.05, 0) is 12.1 Å². The molecule has 0 aliphatic carbocycles. The molecule has 0 spiro atoms. The Morgan fingerprint density at radius 3 is 2.56 bits per heavy atom. The molecule has 0 aliphatic heterocycles. The van der Waals surface area contributed by atoms with Crippen molar-refractivity contribution in [3.8, 4) is 5.75 Å². The number of benzene rings is 1. The van der Waals surface area contributed by atoms with Crippen molar-refractivity contribution in [2.24, 2.45) is 0 Å². The molecule has 0 heterocycles. The molecule has 0 saturated heterocycles. The lowest BCUT2D eigenvalue weighted by Gasteiger charge is -2.08. The van der Waals surface area contributed by atoms with Crippen LogP contribution in [0.15, 0.2) is 18.2 Å². The van der Waals surface area contributed by atoms with Crippen molar-refractivity contribution in [1.82, 2.24) is 0 Å². The zero-order valence-electron chi connectivity index (χ0n) is 8.94. The van der Waals surface area contributed by atoms with Crippen molar-refractivity contribution in [3.63, 3.8) is 0 Å². The fraction of sp³-hybridized carbons (Fsp3) is 0.300. The van der Waals surface area contributed by atoms with E-state index < -0.39 is 29.8 Å². The predicted molar refractivity (Wildman–Crippen MR) is 54.7 cm³/mol. The molecular formula is C10H8F3NO4. The van der Waals surface area contributed by atoms with Crippen LogP contribution in [0.5, 0.6) is 5.75 Å². The van der Waals surface area contributed by atoms with Crippen LogP contribution in [0.3, 0.4) is 0 Å². The molecule has 0 saturated carbocycles. The van der Waals surface area contributed by atoms with Gasteiger partial charge in [-0.3, -0.25) is 14.9 Å². The highest BCUT2D eigenvalue weighted by molar-refractivity contribution is 5.77. The van der Waals surface area contributed by atoms with Gasteiger partial charge in [-0.15, -0.1) is 0 Å². The van der Waals surface area contributed by atoms with E-state index in [1.54, 1.807) is 0 Å². The maximum absolute atomic E-state index is 11.9. The Kier molecular flexibility index (Phi) is 4.24. The molecule has 1 aromatic carbocycles. The fourth-order valence-corrected chi connectivity index (χ4v) is 1.15. The highest BCUT2D eigenvalue weighted by Crippen LogP contribution is 2.28. The normalized spacial score (nSPS) is 11.1. The Morgan fingerprint density at radius 1 is 1.39 bits per heavy atom. The molecule has 18 heavy (non-hydrogen) atoms. The van der Waals surface area contributed by atoms with Gasteiger partial charge in [-0.1, -0.05) is 0 Å². The molecule has 0 bridgehead atoms. The lowest BCUT2D eigenvalue weighted by Crippen LogP contribution is -2.13. The Hall–Kier alpha value is -2.12. The monoisotopic (exact) mass is 263 g/mol. The second-order valence-corrected chi connectivity index (χ2v) is 3.32. The van der Waals surface area contributed by atoms with Crippen LogP contribution in [-0.2, 0) is 0 Å². The molecular weight excluding hydrogens is 255 g/mol. The molecule has 98 valence electrons. The Morgan fingerprint density at radius 2 is 2.06 bits per heavy atom. The SMILES string of the molecule is O=Cc1ccc(OCCC(F)(F)F)c([N+](=O)[O-])c1. The van der Waals surface area contributed by atoms with Crippen molar-refractivity contribution in [3.05, 3.63) is 33.9 Å². The summed E-state index contributed by atoms with van der Waals surface area (Å²) in [7, 11) is 0. The summed E-state index contributed by atoms with van der Waals surface area (Å²) in [6, 6.07) is 3.26. The minimum atomic E-state index is -4.39. The quantitative estimate of drug-likeness (QED) is 0.465. The number of alkyl halides is 3. The zero-order chi connectivity index (χ0) is 13.8. The molecule has 1 rings (SSSR count). The van der Waals surface area contributed by atoms with Gasteiger partial charge >= 0.3 is 11.9 Å². The van der Waals surface area contributed by atoms with Crippen molar-refractivity contribution in [2.45, 2.75) is 12.6 Å². The number of hydrogen-bond acceptors (Lipinski definition) is 4. The fourth-order valence-electron chi connectivity index (χ4n) is 1.15. The Balaban J connectivity index is 2.82. The van der Waals surface area contributed by atoms with Gasteiger partial charge in [0.05, 0.1) is 18.0 Å². The van der Waals surface area contributed by atoms with Crippen molar-refractivity contribution >= 4 is 12.0 Å². The smallest absolute Gasteiger partial charge is 0.392 e. The van der Waals surface area contributed by atoms with E-state index in [0.717, 1.165) is 12.1 Å². The van der Waals surface area contributed by atoms with E-state index in [1.807, 2.05) is 0 Å². The summed E-state index contributed by atoms with van der Waals surface area (Å²) in [5.41, 5.74) is -0.494. The van der Waals surface area contributed by atoms with Crippen LogP contribution in [0.25, 0.3) is 0 Å². The number of carbonyl (C=O) groups is 1. The van der Waals surface area contributed by atoms with Crippen LogP contribution in [-0.4, -0.2) is 24.0 Å². The largest absolute Gasteiger partial charge is 0.486 e. The van der Waals surface area contributed by atoms with Crippen LogP contribution in [0.2, 0.25) is 0 Å². The van der Waals surface area contributed by atoms with E-state index in [4.69, 9.17) is 4.74 Å². The summed E-state index contributed by atoms with van der Waals surface area (Å²) in [5, 5.41) is 10.6. The summed E-state index contributed by atoms with van der Waals surface area (Å²) in [6.45, 7) is -0.717. The Labute approximate surface area is 99.3 Å². The first-order valence-corrected chi connectivity index (χ1v) is 4.76. The Bertz CT molecular complexity index is 459. The van der Waals surface area contributed by atoms with E-state index in [1.165, 1.54) is 6.07 Å². The van der Waals surface area contributed by atoms with Gasteiger partial charge in [0.2, 0.25) is 0 Å². The maximum atomic E-state index is 11.9. The van der Waals surface area contributed by atoms with E-state index in [9.17, 15) is 28.1 Å². The third kappa shape index (κ3) is 4.04. The molecule has 0 N–H and O–H groups in total. The van der Waals surface area contributed by atoms with Gasteiger partial charge < -0.3 is 4.74 Å². The van der Waals surface area contributed by atoms with Crippen molar-refractivity contribution in [2.75, 3.05) is 6.61 Å². The van der Waals surface area contributed by atoms with E-state index >= 15 is 0 Å². The maximum Gasteiger partial charge on any atom is 0.392 e. The van der Waals surface area contributed by atoms with E-state index in [2.05, 4.69) is 0 Å². The number of hydrogen-bond donors (Lipinski definition) is 0. The molecule has 0 atom stereocenters. The van der Waals surface area contributed by atoms with Crippen LogP contribution < -0.4 is 4.74 Å². The highest BCUT2D eigenvalue weighted by atomic mass is 19.4. The summed E-state index contributed by atoms with van der Waals surface area (Å²) in [6.07, 6.45) is -5.20. The standard InChI is InChI=1S/C10H8F3NO4/c11-10(12,13)3-4-18-9-2-1-7(6-15)5-8(9)14(16)17/h1-2,5-6H,3-4H2. The van der Waals surface area contributed by atoms with Gasteiger partial charge in [0.25, 0.3) is 0 Å². The number of nitro benzene ring substituents is 1. The second kappa shape index (κ2) is 5.48. The average molecular weight is 263 g/mol. The number of carbonyl (C=O) groups excluding carboxylic acids is 1. The zero-order valence-corrected chi connectivity index (χ0v) is 8.94. The first-order chi connectivity index (χ1) is 8.33. The van der Waals surface area contributed by atoms with E-state index in [-0.39, 0.29) is 11.3 Å². The lowest BCUT2D eigenvalue weighted by atomic mass is 10.2. The molecule has 1 aromatic rings. The van der Waals surface area contributed by atoms with Gasteiger partial charge in [0, 0.05) is 11.6 Å². The van der Waals surface area contributed by atoms with Gasteiger partial charge in [-0.25, -0.2) is 0 Å². The first-order valence-electron chi connectivity index (χ1n) is 4.76. The predicted octanol–water partition coefficient (Wildman–Crippen LogP) is 2.74. The minimum absolute atomic E-state index is 0.0462. The van der Waals surface area contributed by atoms with Crippen molar-refractivity contribution in [1.29, 1.82) is 0 Å². The summed E-state index contributed by atoms with van der Waals surface area (Å²) in [5.74, 6) is -0.296. The van der Waals surface area contributed by atoms with Crippen molar-refractivity contribution < 1.29 is 27.6 Å². The third-order valence-electron chi connectivity index (χ3n) is 1.96. The molecule has 5 nitrogen and oxygen atoms in total. The first kappa shape index (κ1) is 13.9. The summed E-state index contributed by atoms with van der Waals surface area (Å²) < 4.78 is 40.3. The number of nitro groups is 1. The minimum Gasteiger partial charge on any atom is -0.486 e.